The zero-order valence-corrected chi connectivity index (χ0v) is 29.2. The third-order valence-electron chi connectivity index (χ3n) is 7.69. The Kier molecular flexibility index (Phi) is 11.8. The van der Waals surface area contributed by atoms with Crippen LogP contribution in [0.15, 0.2) is 54.7 Å². The molecule has 5 rings (SSSR count). The van der Waals surface area contributed by atoms with Crippen molar-refractivity contribution >= 4 is 57.2 Å². The highest BCUT2D eigenvalue weighted by molar-refractivity contribution is 7.86. The monoisotopic (exact) mass is 696 g/mol. The number of hydrogen-bond donors (Lipinski definition) is 0. The summed E-state index contributed by atoms with van der Waals surface area (Å²) in [6, 6.07) is 13.1. The van der Waals surface area contributed by atoms with Gasteiger partial charge in [0, 0.05) is 38.8 Å². The summed E-state index contributed by atoms with van der Waals surface area (Å²) in [7, 11) is -1.20. The fourth-order valence-electron chi connectivity index (χ4n) is 5.03. The number of halogens is 3. The lowest BCUT2D eigenvalue weighted by molar-refractivity contribution is -0.182. The van der Waals surface area contributed by atoms with Crippen LogP contribution in [0.2, 0.25) is 10.0 Å². The number of nitrogens with zero attached hydrogens (tertiary/aromatic N) is 2. The Balaban J connectivity index is 0.000000580. The Bertz CT molecular complexity index is 1510. The summed E-state index contributed by atoms with van der Waals surface area (Å²) in [5.41, 5.74) is -0.685. The number of esters is 1. The van der Waals surface area contributed by atoms with E-state index in [0.717, 1.165) is 17.9 Å². The molecule has 244 valence electrons. The minimum absolute atomic E-state index is 0.00180. The van der Waals surface area contributed by atoms with Gasteiger partial charge in [0.15, 0.2) is 5.60 Å². The maximum Gasteiger partial charge on any atom is 0.349 e. The zero-order valence-electron chi connectivity index (χ0n) is 26.1. The zero-order chi connectivity index (χ0) is 32.9. The minimum atomic E-state index is -1.26. The van der Waals surface area contributed by atoms with Gasteiger partial charge in [0.2, 0.25) is 0 Å². The quantitative estimate of drug-likeness (QED) is 0.213. The first-order valence-corrected chi connectivity index (χ1v) is 17.7. The Morgan fingerprint density at radius 1 is 1.22 bits per heavy atom. The standard InChI is InChI=1S/C27H34ClFN2O5S2.C6H5Cl/c1-6-35-24(32)22-13-30-23(37-22)12-27(5)25(33)31(21(16-7-8-16)15-38(34)26(2,3)4)20(14-36-27)17-9-10-18(28)19(29)11-17;7-6-4-2-1-3-5-6/h9-11,13,16,20-21H,6-8,12,14-15H2,1-5H3;1-5H/t20-,21?,27+,38?;/m0./s1. The van der Waals surface area contributed by atoms with Crippen molar-refractivity contribution in [3.8, 4) is 0 Å². The van der Waals surface area contributed by atoms with Crippen LogP contribution in [0.1, 0.15) is 73.7 Å². The molecule has 1 aromatic heterocycles. The molecule has 1 saturated heterocycles. The van der Waals surface area contributed by atoms with Crippen molar-refractivity contribution in [1.29, 1.82) is 0 Å². The molecule has 0 spiro atoms. The molecular formula is C33H39Cl2FN2O5S2. The summed E-state index contributed by atoms with van der Waals surface area (Å²) in [5, 5.41) is 1.37. The highest BCUT2D eigenvalue weighted by atomic mass is 35.5. The number of rotatable bonds is 9. The van der Waals surface area contributed by atoms with Gasteiger partial charge in [0.05, 0.1) is 35.5 Å². The highest BCUT2D eigenvalue weighted by Gasteiger charge is 2.52. The average Bonchev–Trinajstić information content (AvgIpc) is 3.73. The van der Waals surface area contributed by atoms with Crippen molar-refractivity contribution in [1.82, 2.24) is 9.88 Å². The van der Waals surface area contributed by atoms with E-state index < -0.39 is 39.0 Å². The van der Waals surface area contributed by atoms with Gasteiger partial charge in [-0.15, -0.1) is 11.3 Å². The number of morpholine rings is 1. The summed E-state index contributed by atoms with van der Waals surface area (Å²) >= 11 is 12.6. The normalized spacial score (nSPS) is 21.5. The molecule has 0 bridgehead atoms. The number of benzene rings is 2. The fraction of sp³-hybridized carbons (Fsp3) is 0.485. The van der Waals surface area contributed by atoms with Gasteiger partial charge in [-0.2, -0.15) is 0 Å². The molecule has 2 aliphatic rings. The average molecular weight is 698 g/mol. The minimum Gasteiger partial charge on any atom is -0.462 e. The maximum atomic E-state index is 14.5. The van der Waals surface area contributed by atoms with Crippen LogP contribution >= 0.6 is 34.5 Å². The third-order valence-corrected chi connectivity index (χ3v) is 11.2. The van der Waals surface area contributed by atoms with Crippen molar-refractivity contribution in [2.24, 2.45) is 5.92 Å². The van der Waals surface area contributed by atoms with Crippen molar-refractivity contribution in [2.75, 3.05) is 19.0 Å². The van der Waals surface area contributed by atoms with Gasteiger partial charge in [-0.05, 0) is 83.2 Å². The summed E-state index contributed by atoms with van der Waals surface area (Å²) in [4.78, 5) is 32.9. The maximum absolute atomic E-state index is 14.5. The number of hydrogen-bond acceptors (Lipinski definition) is 7. The molecule has 4 atom stereocenters. The molecule has 1 aliphatic carbocycles. The Labute approximate surface area is 280 Å². The van der Waals surface area contributed by atoms with E-state index in [1.165, 1.54) is 29.7 Å². The van der Waals surface area contributed by atoms with Gasteiger partial charge in [-0.25, -0.2) is 14.2 Å². The Morgan fingerprint density at radius 2 is 1.91 bits per heavy atom. The van der Waals surface area contributed by atoms with Crippen LogP contribution in [-0.2, 0) is 31.5 Å². The molecule has 2 heterocycles. The predicted octanol–water partition coefficient (Wildman–Crippen LogP) is 7.68. The highest BCUT2D eigenvalue weighted by Crippen LogP contribution is 2.44. The number of amides is 1. The number of aromatic nitrogens is 1. The number of ether oxygens (including phenoxy) is 2. The van der Waals surface area contributed by atoms with Gasteiger partial charge in [-0.3, -0.25) is 9.00 Å². The SMILES string of the molecule is CCOC(=O)c1cnc(C[C@@]2(C)OC[C@@H](c3ccc(Cl)c(F)c3)N(C(CS(=O)C(C)(C)C)C3CC3)C2=O)s1.Clc1ccccc1. The third kappa shape index (κ3) is 9.13. The van der Waals surface area contributed by atoms with E-state index in [0.29, 0.717) is 21.2 Å². The van der Waals surface area contributed by atoms with Crippen LogP contribution in [0.5, 0.6) is 0 Å². The van der Waals surface area contributed by atoms with E-state index in [9.17, 15) is 18.2 Å². The van der Waals surface area contributed by atoms with Crippen LogP contribution in [0.3, 0.4) is 0 Å². The second-order valence-electron chi connectivity index (χ2n) is 12.3. The van der Waals surface area contributed by atoms with Crippen LogP contribution in [0, 0.1) is 11.7 Å². The van der Waals surface area contributed by atoms with E-state index in [4.69, 9.17) is 32.7 Å². The Morgan fingerprint density at radius 3 is 2.47 bits per heavy atom. The number of thiazole rings is 1. The number of carbonyl (C=O) groups excluding carboxylic acids is 2. The second-order valence-corrected chi connectivity index (χ2v) is 16.5. The van der Waals surface area contributed by atoms with Crippen LogP contribution in [-0.4, -0.2) is 61.3 Å². The molecule has 0 radical (unpaired) electrons. The van der Waals surface area contributed by atoms with Gasteiger partial charge < -0.3 is 14.4 Å². The smallest absolute Gasteiger partial charge is 0.349 e. The molecule has 0 N–H and O–H groups in total. The van der Waals surface area contributed by atoms with Crippen LogP contribution in [0.25, 0.3) is 0 Å². The van der Waals surface area contributed by atoms with Gasteiger partial charge in [-0.1, -0.05) is 47.5 Å². The summed E-state index contributed by atoms with van der Waals surface area (Å²) in [6.45, 7) is 9.61. The van der Waals surface area contributed by atoms with Crippen molar-refractivity contribution in [2.45, 2.75) is 76.3 Å². The van der Waals surface area contributed by atoms with E-state index in [1.54, 1.807) is 24.8 Å². The first kappa shape index (κ1) is 35.5. The molecule has 2 unspecified atom stereocenters. The molecule has 45 heavy (non-hydrogen) atoms. The largest absolute Gasteiger partial charge is 0.462 e. The van der Waals surface area contributed by atoms with E-state index >= 15 is 0 Å². The lowest BCUT2D eigenvalue weighted by Crippen LogP contribution is -2.61. The molecule has 1 amide bonds. The second kappa shape index (κ2) is 15.0. The summed E-state index contributed by atoms with van der Waals surface area (Å²) in [6.07, 6.45) is 3.48. The van der Waals surface area contributed by atoms with E-state index in [-0.39, 0.29) is 42.5 Å². The first-order valence-electron chi connectivity index (χ1n) is 14.9. The van der Waals surface area contributed by atoms with Crippen LogP contribution < -0.4 is 0 Å². The number of carbonyl (C=O) groups is 2. The molecule has 12 heteroatoms. The lowest BCUT2D eigenvalue weighted by Gasteiger charge is -2.48. The first-order chi connectivity index (χ1) is 21.2. The van der Waals surface area contributed by atoms with Gasteiger partial charge in [0.1, 0.15) is 10.7 Å². The van der Waals surface area contributed by atoms with Crippen molar-refractivity contribution in [3.63, 3.8) is 0 Å². The molecular weight excluding hydrogens is 658 g/mol. The summed E-state index contributed by atoms with van der Waals surface area (Å²) in [5.74, 6) is -0.753. The summed E-state index contributed by atoms with van der Waals surface area (Å²) < 4.78 is 38.6. The lowest BCUT2D eigenvalue weighted by atomic mass is 9.92. The van der Waals surface area contributed by atoms with Crippen LogP contribution in [0.4, 0.5) is 4.39 Å². The molecule has 3 aromatic rings. The van der Waals surface area contributed by atoms with E-state index in [1.807, 2.05) is 51.1 Å². The van der Waals surface area contributed by atoms with Crippen molar-refractivity contribution < 1.29 is 27.7 Å². The molecule has 1 saturated carbocycles. The van der Waals surface area contributed by atoms with E-state index in [2.05, 4.69) is 4.98 Å². The topological polar surface area (TPSA) is 85.8 Å². The molecule has 7 nitrogen and oxygen atoms in total. The molecule has 1 aliphatic heterocycles. The molecule has 2 aromatic carbocycles. The fourth-order valence-corrected chi connectivity index (χ4v) is 7.49. The molecule has 2 fully saturated rings. The van der Waals surface area contributed by atoms with Gasteiger partial charge in [0.25, 0.3) is 5.91 Å². The van der Waals surface area contributed by atoms with Crippen molar-refractivity contribution in [3.05, 3.63) is 86.0 Å². The van der Waals surface area contributed by atoms with Gasteiger partial charge >= 0.3 is 5.97 Å². The Hall–Kier alpha value is -2.37. The predicted molar refractivity (Wildman–Crippen MR) is 178 cm³/mol.